The van der Waals surface area contributed by atoms with Gasteiger partial charge in [-0.2, -0.15) is 28.2 Å². The standard InChI is InChI=1S/C24H25ClF3N5OSi/c1-15(23-31-14-32-33(23)21-6-5-16(12-29)13-30-21)20(7-8-35(2,3)4)22(34)17-9-18(24(26,27)28)11-19(25)10-17/h5-6,9-11,13-15,20H,7-8H2,1-4H3. The van der Waals surface area contributed by atoms with Crippen molar-refractivity contribution in [3.63, 3.8) is 0 Å². The molecular weight excluding hydrogens is 495 g/mol. The Morgan fingerprint density at radius 1 is 1.20 bits per heavy atom. The molecule has 3 rings (SSSR count). The third-order valence-corrected chi connectivity index (χ3v) is 7.74. The van der Waals surface area contributed by atoms with E-state index in [1.807, 2.05) is 13.0 Å². The molecule has 0 amide bonds. The number of carbonyl (C=O) groups excluding carboxylic acids is 1. The van der Waals surface area contributed by atoms with Gasteiger partial charge in [-0.3, -0.25) is 4.79 Å². The molecule has 0 aliphatic rings. The molecule has 0 saturated heterocycles. The van der Waals surface area contributed by atoms with Crippen LogP contribution >= 0.6 is 11.6 Å². The summed E-state index contributed by atoms with van der Waals surface area (Å²) < 4.78 is 41.6. The lowest BCUT2D eigenvalue weighted by molar-refractivity contribution is -0.137. The van der Waals surface area contributed by atoms with E-state index in [-0.39, 0.29) is 10.6 Å². The Labute approximate surface area is 207 Å². The summed E-state index contributed by atoms with van der Waals surface area (Å²) in [7, 11) is -1.58. The maximum absolute atomic E-state index is 13.6. The fraction of sp³-hybridized carbons (Fsp3) is 0.375. The number of nitrogens with zero attached hydrogens (tertiary/aromatic N) is 5. The largest absolute Gasteiger partial charge is 0.416 e. The van der Waals surface area contributed by atoms with Gasteiger partial charge in [0, 0.05) is 36.7 Å². The molecule has 3 aromatic rings. The van der Waals surface area contributed by atoms with Crippen molar-refractivity contribution in [2.75, 3.05) is 0 Å². The molecule has 2 atom stereocenters. The van der Waals surface area contributed by atoms with E-state index < -0.39 is 37.4 Å². The van der Waals surface area contributed by atoms with Crippen molar-refractivity contribution in [2.45, 2.75) is 51.1 Å². The number of pyridine rings is 1. The number of hydrogen-bond acceptors (Lipinski definition) is 5. The number of nitriles is 1. The van der Waals surface area contributed by atoms with E-state index in [0.717, 1.165) is 18.2 Å². The van der Waals surface area contributed by atoms with Crippen molar-refractivity contribution < 1.29 is 18.0 Å². The van der Waals surface area contributed by atoms with Gasteiger partial charge >= 0.3 is 6.18 Å². The van der Waals surface area contributed by atoms with Gasteiger partial charge in [0.25, 0.3) is 0 Å². The number of rotatable bonds is 8. The average Bonchev–Trinajstić information content (AvgIpc) is 3.27. The summed E-state index contributed by atoms with van der Waals surface area (Å²) in [6, 6.07) is 8.95. The number of Topliss-reactive ketones (excluding diaryl/α,β-unsaturated/α-hetero) is 1. The Bertz CT molecular complexity index is 1250. The number of carbonyl (C=O) groups is 1. The van der Waals surface area contributed by atoms with Gasteiger partial charge in [0.1, 0.15) is 18.2 Å². The predicted molar refractivity (Wildman–Crippen MR) is 129 cm³/mol. The predicted octanol–water partition coefficient (Wildman–Crippen LogP) is 6.54. The highest BCUT2D eigenvalue weighted by atomic mass is 35.5. The van der Waals surface area contributed by atoms with E-state index >= 15 is 0 Å². The minimum absolute atomic E-state index is 0.0835. The van der Waals surface area contributed by atoms with Crippen LogP contribution in [0.5, 0.6) is 0 Å². The quantitative estimate of drug-likeness (QED) is 0.249. The van der Waals surface area contributed by atoms with Crippen LogP contribution < -0.4 is 0 Å². The van der Waals surface area contributed by atoms with Crippen LogP contribution in [0, 0.1) is 17.2 Å². The molecule has 184 valence electrons. The van der Waals surface area contributed by atoms with Crippen LogP contribution in [-0.2, 0) is 6.18 Å². The Morgan fingerprint density at radius 3 is 2.49 bits per heavy atom. The third kappa shape index (κ3) is 6.55. The van der Waals surface area contributed by atoms with Crippen LogP contribution in [-0.4, -0.2) is 33.6 Å². The maximum Gasteiger partial charge on any atom is 0.416 e. The lowest BCUT2D eigenvalue weighted by Gasteiger charge is -2.26. The monoisotopic (exact) mass is 519 g/mol. The summed E-state index contributed by atoms with van der Waals surface area (Å²) in [5, 5.41) is 13.1. The molecule has 2 heterocycles. The van der Waals surface area contributed by atoms with Crippen molar-refractivity contribution >= 4 is 25.5 Å². The first kappa shape index (κ1) is 26.6. The Hall–Kier alpha value is -3.03. The summed E-state index contributed by atoms with van der Waals surface area (Å²) in [4.78, 5) is 22.2. The van der Waals surface area contributed by atoms with Gasteiger partial charge in [-0.05, 0) is 36.8 Å². The molecule has 0 fully saturated rings. The van der Waals surface area contributed by atoms with E-state index in [2.05, 4.69) is 34.7 Å². The zero-order valence-electron chi connectivity index (χ0n) is 19.8. The Morgan fingerprint density at radius 2 is 1.91 bits per heavy atom. The molecule has 0 aliphatic heterocycles. The normalized spacial score (nSPS) is 13.8. The van der Waals surface area contributed by atoms with E-state index in [9.17, 15) is 18.0 Å². The van der Waals surface area contributed by atoms with E-state index in [1.165, 1.54) is 23.3 Å². The lowest BCUT2D eigenvalue weighted by Crippen LogP contribution is -2.28. The number of ketones is 1. The molecule has 0 bridgehead atoms. The minimum Gasteiger partial charge on any atom is -0.294 e. The van der Waals surface area contributed by atoms with Crippen LogP contribution in [0.15, 0.2) is 42.9 Å². The van der Waals surface area contributed by atoms with Gasteiger partial charge in [0.15, 0.2) is 11.6 Å². The van der Waals surface area contributed by atoms with Crippen LogP contribution in [0.1, 0.15) is 46.6 Å². The molecular formula is C24H25ClF3N5OSi. The molecule has 0 N–H and O–H groups in total. The van der Waals surface area contributed by atoms with E-state index in [4.69, 9.17) is 16.9 Å². The number of benzene rings is 1. The summed E-state index contributed by atoms with van der Waals surface area (Å²) >= 11 is 5.96. The van der Waals surface area contributed by atoms with Crippen LogP contribution in [0.4, 0.5) is 13.2 Å². The second-order valence-electron chi connectivity index (χ2n) is 9.63. The van der Waals surface area contributed by atoms with Crippen LogP contribution in [0.2, 0.25) is 30.7 Å². The first-order valence-corrected chi connectivity index (χ1v) is 15.1. The van der Waals surface area contributed by atoms with Crippen molar-refractivity contribution in [3.05, 3.63) is 70.4 Å². The fourth-order valence-electron chi connectivity index (χ4n) is 3.80. The second kappa shape index (κ2) is 10.3. The highest BCUT2D eigenvalue weighted by molar-refractivity contribution is 6.76. The lowest BCUT2D eigenvalue weighted by atomic mass is 9.83. The zero-order chi connectivity index (χ0) is 26.0. The van der Waals surface area contributed by atoms with Crippen LogP contribution in [0.25, 0.3) is 5.82 Å². The number of hydrogen-bond donors (Lipinski definition) is 0. The highest BCUT2D eigenvalue weighted by Crippen LogP contribution is 2.36. The summed E-state index contributed by atoms with van der Waals surface area (Å²) in [6.07, 6.45) is -1.39. The molecule has 2 unspecified atom stereocenters. The molecule has 1 aromatic carbocycles. The molecule has 0 spiro atoms. The zero-order valence-corrected chi connectivity index (χ0v) is 21.5. The Kier molecular flexibility index (Phi) is 7.82. The van der Waals surface area contributed by atoms with Crippen molar-refractivity contribution in [1.82, 2.24) is 19.7 Å². The number of alkyl halides is 3. The molecule has 11 heteroatoms. The first-order valence-electron chi connectivity index (χ1n) is 11.0. The van der Waals surface area contributed by atoms with Crippen LogP contribution in [0.3, 0.4) is 0 Å². The van der Waals surface area contributed by atoms with Gasteiger partial charge in [0.05, 0.1) is 11.1 Å². The minimum atomic E-state index is -4.62. The second-order valence-corrected chi connectivity index (χ2v) is 15.7. The number of aromatic nitrogens is 4. The number of halogens is 4. The summed E-state index contributed by atoms with van der Waals surface area (Å²) in [5.41, 5.74) is -0.664. The summed E-state index contributed by atoms with van der Waals surface area (Å²) in [6.45, 7) is 8.32. The molecule has 35 heavy (non-hydrogen) atoms. The highest BCUT2D eigenvalue weighted by Gasteiger charge is 2.35. The van der Waals surface area contributed by atoms with Crippen molar-refractivity contribution in [3.8, 4) is 11.9 Å². The van der Waals surface area contributed by atoms with Gasteiger partial charge in [-0.25, -0.2) is 9.97 Å². The average molecular weight is 520 g/mol. The molecule has 2 aromatic heterocycles. The SMILES string of the molecule is CC(c1ncnn1-c1ccc(C#N)cn1)C(CC[Si](C)(C)C)C(=O)c1cc(Cl)cc(C(F)(F)F)c1. The maximum atomic E-state index is 13.6. The smallest absolute Gasteiger partial charge is 0.294 e. The van der Waals surface area contributed by atoms with E-state index in [0.29, 0.717) is 23.6 Å². The third-order valence-electron chi connectivity index (χ3n) is 5.73. The molecule has 6 nitrogen and oxygen atoms in total. The summed E-state index contributed by atoms with van der Waals surface area (Å²) in [5.74, 6) is -0.683. The fourth-order valence-corrected chi connectivity index (χ4v) is 5.21. The molecule has 0 aliphatic carbocycles. The van der Waals surface area contributed by atoms with E-state index in [1.54, 1.807) is 12.1 Å². The molecule has 0 radical (unpaired) electrons. The van der Waals surface area contributed by atoms with Crippen molar-refractivity contribution in [1.29, 1.82) is 5.26 Å². The van der Waals surface area contributed by atoms with Gasteiger partial charge < -0.3 is 0 Å². The van der Waals surface area contributed by atoms with Crippen molar-refractivity contribution in [2.24, 2.45) is 5.92 Å². The van der Waals surface area contributed by atoms with Gasteiger partial charge in [-0.1, -0.05) is 44.2 Å². The topological polar surface area (TPSA) is 84.5 Å². The van der Waals surface area contributed by atoms with Gasteiger partial charge in [-0.15, -0.1) is 0 Å². The Balaban J connectivity index is 2.03. The first-order chi connectivity index (χ1) is 16.3. The van der Waals surface area contributed by atoms with Gasteiger partial charge in [0.2, 0.25) is 0 Å². The molecule has 0 saturated carbocycles.